The van der Waals surface area contributed by atoms with Crippen molar-refractivity contribution < 1.29 is 0 Å². The molecule has 0 amide bonds. The van der Waals surface area contributed by atoms with Crippen molar-refractivity contribution in [1.29, 1.82) is 10.5 Å². The second-order valence-electron chi connectivity index (χ2n) is 5.64. The van der Waals surface area contributed by atoms with E-state index >= 15 is 0 Å². The third kappa shape index (κ3) is 4.18. The van der Waals surface area contributed by atoms with E-state index in [2.05, 4.69) is 22.1 Å². The first-order valence-corrected chi connectivity index (χ1v) is 8.53. The SMILES string of the molecule is N#Cc1nc(Cc2ccc(Cl)cc2)c(C#N)nc1Cc1ccc(Cl)cc1. The lowest BCUT2D eigenvalue weighted by Crippen LogP contribution is -2.08. The van der Waals surface area contributed by atoms with Crippen LogP contribution < -0.4 is 0 Å². The fraction of sp³-hybridized carbons (Fsp3) is 0.100. The van der Waals surface area contributed by atoms with Crippen molar-refractivity contribution >= 4 is 23.2 Å². The van der Waals surface area contributed by atoms with Gasteiger partial charge in [0.25, 0.3) is 0 Å². The molecule has 3 rings (SSSR count). The molecule has 4 nitrogen and oxygen atoms in total. The van der Waals surface area contributed by atoms with E-state index in [0.717, 1.165) is 11.1 Å². The first-order chi connectivity index (χ1) is 12.6. The van der Waals surface area contributed by atoms with E-state index in [4.69, 9.17) is 23.2 Å². The van der Waals surface area contributed by atoms with Crippen LogP contribution in [0, 0.1) is 22.7 Å². The molecular weight excluding hydrogens is 367 g/mol. The molecule has 0 aliphatic rings. The van der Waals surface area contributed by atoms with Gasteiger partial charge in [-0.15, -0.1) is 0 Å². The lowest BCUT2D eigenvalue weighted by Gasteiger charge is -2.08. The molecule has 126 valence electrons. The summed E-state index contributed by atoms with van der Waals surface area (Å²) in [7, 11) is 0. The Morgan fingerprint density at radius 1 is 0.654 bits per heavy atom. The largest absolute Gasteiger partial charge is 0.237 e. The predicted molar refractivity (Wildman–Crippen MR) is 100.0 cm³/mol. The molecule has 0 unspecified atom stereocenters. The Morgan fingerprint density at radius 2 is 1.00 bits per heavy atom. The predicted octanol–water partition coefficient (Wildman–Crippen LogP) is 4.71. The number of hydrogen-bond acceptors (Lipinski definition) is 4. The molecule has 0 fully saturated rings. The first-order valence-electron chi connectivity index (χ1n) is 7.78. The maximum absolute atomic E-state index is 9.46. The van der Waals surface area contributed by atoms with Crippen molar-refractivity contribution in [3.63, 3.8) is 0 Å². The van der Waals surface area contributed by atoms with Crippen LogP contribution in [0.1, 0.15) is 33.9 Å². The van der Waals surface area contributed by atoms with Gasteiger partial charge < -0.3 is 0 Å². The van der Waals surface area contributed by atoms with Gasteiger partial charge in [0.05, 0.1) is 11.4 Å². The molecule has 6 heteroatoms. The van der Waals surface area contributed by atoms with Crippen LogP contribution in [0.3, 0.4) is 0 Å². The first kappa shape index (κ1) is 17.9. The number of nitriles is 2. The van der Waals surface area contributed by atoms with Gasteiger partial charge in [0.1, 0.15) is 12.1 Å². The number of halogens is 2. The Hall–Kier alpha value is -2.92. The van der Waals surface area contributed by atoms with E-state index in [-0.39, 0.29) is 11.4 Å². The Morgan fingerprint density at radius 3 is 1.31 bits per heavy atom. The monoisotopic (exact) mass is 378 g/mol. The molecule has 0 N–H and O–H groups in total. The lowest BCUT2D eigenvalue weighted by atomic mass is 10.1. The van der Waals surface area contributed by atoms with E-state index in [9.17, 15) is 10.5 Å². The fourth-order valence-electron chi connectivity index (χ4n) is 2.52. The summed E-state index contributed by atoms with van der Waals surface area (Å²) < 4.78 is 0. The van der Waals surface area contributed by atoms with Gasteiger partial charge in [-0.2, -0.15) is 10.5 Å². The number of benzene rings is 2. The van der Waals surface area contributed by atoms with Gasteiger partial charge in [-0.05, 0) is 35.4 Å². The normalized spacial score (nSPS) is 10.2. The molecule has 26 heavy (non-hydrogen) atoms. The van der Waals surface area contributed by atoms with Crippen molar-refractivity contribution in [2.45, 2.75) is 12.8 Å². The molecule has 1 aromatic heterocycles. The van der Waals surface area contributed by atoms with E-state index in [1.807, 2.05) is 24.3 Å². The number of aromatic nitrogens is 2. The Labute approximate surface area is 161 Å². The zero-order chi connectivity index (χ0) is 18.5. The fourth-order valence-corrected chi connectivity index (χ4v) is 2.77. The lowest BCUT2D eigenvalue weighted by molar-refractivity contribution is 0.934. The molecule has 0 saturated carbocycles. The molecule has 0 aliphatic heterocycles. The van der Waals surface area contributed by atoms with Crippen LogP contribution in [0.25, 0.3) is 0 Å². The summed E-state index contributed by atoms with van der Waals surface area (Å²) >= 11 is 11.8. The minimum absolute atomic E-state index is 0.225. The molecular formula is C20H12Cl2N4. The second kappa shape index (κ2) is 7.97. The Balaban J connectivity index is 1.95. The molecule has 2 aromatic carbocycles. The molecule has 0 spiro atoms. The number of hydrogen-bond donors (Lipinski definition) is 0. The van der Waals surface area contributed by atoms with Crippen molar-refractivity contribution in [3.8, 4) is 12.1 Å². The van der Waals surface area contributed by atoms with Gasteiger partial charge >= 0.3 is 0 Å². The van der Waals surface area contributed by atoms with Crippen molar-refractivity contribution in [2.75, 3.05) is 0 Å². The quantitative estimate of drug-likeness (QED) is 0.658. The van der Waals surface area contributed by atoms with Gasteiger partial charge in [0.2, 0.25) is 0 Å². The van der Waals surface area contributed by atoms with Gasteiger partial charge in [0.15, 0.2) is 11.4 Å². The summed E-state index contributed by atoms with van der Waals surface area (Å²) in [5, 5.41) is 20.2. The maximum atomic E-state index is 9.46. The summed E-state index contributed by atoms with van der Waals surface area (Å²) in [4.78, 5) is 8.78. The minimum Gasteiger partial charge on any atom is -0.237 e. The van der Waals surface area contributed by atoms with Gasteiger partial charge in [0, 0.05) is 22.9 Å². The van der Waals surface area contributed by atoms with Crippen LogP contribution in [0.5, 0.6) is 0 Å². The molecule has 0 saturated heterocycles. The highest BCUT2D eigenvalue weighted by atomic mass is 35.5. The zero-order valence-electron chi connectivity index (χ0n) is 13.6. The molecule has 1 heterocycles. The maximum Gasteiger partial charge on any atom is 0.162 e. The third-order valence-electron chi connectivity index (χ3n) is 3.82. The highest BCUT2D eigenvalue weighted by molar-refractivity contribution is 6.30. The average Bonchev–Trinajstić information content (AvgIpc) is 2.66. The Bertz CT molecular complexity index is 929. The third-order valence-corrected chi connectivity index (χ3v) is 4.33. The standard InChI is InChI=1S/C20H12Cl2N4/c21-15-5-1-13(2-6-15)9-17-19(11-23)26-18(20(12-24)25-17)10-14-3-7-16(22)8-4-14/h1-8H,9-10H2. The Kier molecular flexibility index (Phi) is 5.49. The van der Waals surface area contributed by atoms with Crippen LogP contribution in [0.2, 0.25) is 10.0 Å². The summed E-state index contributed by atoms with van der Waals surface area (Å²) in [6, 6.07) is 18.7. The highest BCUT2D eigenvalue weighted by Crippen LogP contribution is 2.18. The van der Waals surface area contributed by atoms with Crippen LogP contribution in [-0.4, -0.2) is 9.97 Å². The summed E-state index contributed by atoms with van der Waals surface area (Å²) in [5.41, 5.74) is 3.28. The summed E-state index contributed by atoms with van der Waals surface area (Å²) in [6.45, 7) is 0. The zero-order valence-corrected chi connectivity index (χ0v) is 15.1. The summed E-state index contributed by atoms with van der Waals surface area (Å²) in [5.74, 6) is 0. The average molecular weight is 379 g/mol. The van der Waals surface area contributed by atoms with Crippen LogP contribution in [0.4, 0.5) is 0 Å². The van der Waals surface area contributed by atoms with Crippen molar-refractivity contribution in [3.05, 3.63) is 92.5 Å². The topological polar surface area (TPSA) is 73.4 Å². The van der Waals surface area contributed by atoms with E-state index in [1.54, 1.807) is 24.3 Å². The van der Waals surface area contributed by atoms with Crippen LogP contribution in [-0.2, 0) is 12.8 Å². The van der Waals surface area contributed by atoms with E-state index < -0.39 is 0 Å². The van der Waals surface area contributed by atoms with Gasteiger partial charge in [-0.3, -0.25) is 0 Å². The number of rotatable bonds is 4. The summed E-state index contributed by atoms with van der Waals surface area (Å²) in [6.07, 6.45) is 0.811. The smallest absolute Gasteiger partial charge is 0.162 e. The van der Waals surface area contributed by atoms with E-state index in [1.165, 1.54) is 0 Å². The molecule has 3 aromatic rings. The van der Waals surface area contributed by atoms with Crippen LogP contribution in [0.15, 0.2) is 48.5 Å². The van der Waals surface area contributed by atoms with Gasteiger partial charge in [-0.1, -0.05) is 47.5 Å². The minimum atomic E-state index is 0.225. The van der Waals surface area contributed by atoms with E-state index in [0.29, 0.717) is 34.3 Å². The number of nitrogens with zero attached hydrogens (tertiary/aromatic N) is 4. The molecule has 0 aliphatic carbocycles. The highest BCUT2D eigenvalue weighted by Gasteiger charge is 2.14. The van der Waals surface area contributed by atoms with Crippen molar-refractivity contribution in [1.82, 2.24) is 9.97 Å². The second-order valence-corrected chi connectivity index (χ2v) is 6.52. The molecule has 0 radical (unpaired) electrons. The van der Waals surface area contributed by atoms with Gasteiger partial charge in [-0.25, -0.2) is 9.97 Å². The van der Waals surface area contributed by atoms with Crippen LogP contribution >= 0.6 is 23.2 Å². The molecule has 0 atom stereocenters. The molecule has 0 bridgehead atoms. The van der Waals surface area contributed by atoms with Crippen molar-refractivity contribution in [2.24, 2.45) is 0 Å².